The van der Waals surface area contributed by atoms with Crippen molar-refractivity contribution in [1.29, 1.82) is 0 Å². The number of thioether (sulfide) groups is 1. The monoisotopic (exact) mass is 204 g/mol. The molecule has 0 bridgehead atoms. The first-order valence-corrected chi connectivity index (χ1v) is 6.10. The molecule has 1 heterocycles. The van der Waals surface area contributed by atoms with Gasteiger partial charge in [0.1, 0.15) is 19.7 Å². The van der Waals surface area contributed by atoms with Crippen LogP contribution in [-0.4, -0.2) is 25.5 Å². The van der Waals surface area contributed by atoms with Crippen LogP contribution >= 0.6 is 11.8 Å². The molecule has 0 unspecified atom stereocenters. The van der Waals surface area contributed by atoms with Gasteiger partial charge < -0.3 is 4.74 Å². The van der Waals surface area contributed by atoms with Gasteiger partial charge in [-0.05, 0) is 36.5 Å². The van der Waals surface area contributed by atoms with E-state index in [2.05, 4.69) is 0 Å². The first-order chi connectivity index (χ1) is 6.84. The minimum Gasteiger partial charge on any atom is -0.490 e. The predicted octanol–water partition coefficient (Wildman–Crippen LogP) is 1.75. The van der Waals surface area contributed by atoms with E-state index >= 15 is 0 Å². The second-order valence-electron chi connectivity index (χ2n) is 3.50. The van der Waals surface area contributed by atoms with Crippen molar-refractivity contribution < 1.29 is 4.74 Å². The van der Waals surface area contributed by atoms with Gasteiger partial charge >= 0.3 is 0 Å². The summed E-state index contributed by atoms with van der Waals surface area (Å²) in [6, 6.07) is 7.65. The second-order valence-corrected chi connectivity index (χ2v) is 4.72. The van der Waals surface area contributed by atoms with Gasteiger partial charge in [-0.2, -0.15) is 11.8 Å². The largest absolute Gasteiger partial charge is 0.490 e. The third-order valence-electron chi connectivity index (χ3n) is 2.35. The van der Waals surface area contributed by atoms with Crippen LogP contribution in [-0.2, 0) is 0 Å². The van der Waals surface area contributed by atoms with Gasteiger partial charge in [-0.25, -0.2) is 0 Å². The number of hydrogen-bond donors (Lipinski definition) is 0. The molecule has 2 radical (unpaired) electrons. The van der Waals surface area contributed by atoms with Crippen LogP contribution in [0, 0.1) is 0 Å². The Kier molecular flexibility index (Phi) is 3.41. The summed E-state index contributed by atoms with van der Waals surface area (Å²) in [7, 11) is 5.60. The van der Waals surface area contributed by atoms with E-state index in [0.29, 0.717) is 6.10 Å². The third kappa shape index (κ3) is 2.71. The van der Waals surface area contributed by atoms with E-state index in [-0.39, 0.29) is 0 Å². The molecule has 0 amide bonds. The molecule has 1 fully saturated rings. The van der Waals surface area contributed by atoms with Gasteiger partial charge in [-0.1, -0.05) is 17.6 Å². The Bertz CT molecular complexity index is 280. The van der Waals surface area contributed by atoms with Crippen molar-refractivity contribution >= 4 is 25.1 Å². The van der Waals surface area contributed by atoms with Gasteiger partial charge in [0.05, 0.1) is 0 Å². The Morgan fingerprint density at radius 3 is 2.43 bits per heavy atom. The third-order valence-corrected chi connectivity index (χ3v) is 3.40. The van der Waals surface area contributed by atoms with Crippen molar-refractivity contribution in [3.05, 3.63) is 24.3 Å². The molecule has 1 aliphatic heterocycles. The minimum absolute atomic E-state index is 0.403. The van der Waals surface area contributed by atoms with Gasteiger partial charge in [0.2, 0.25) is 0 Å². The van der Waals surface area contributed by atoms with Crippen LogP contribution in [0.4, 0.5) is 0 Å². The molecule has 0 saturated carbocycles. The van der Waals surface area contributed by atoms with Crippen LogP contribution in [0.3, 0.4) is 0 Å². The summed E-state index contributed by atoms with van der Waals surface area (Å²) < 4.78 is 5.84. The van der Waals surface area contributed by atoms with E-state index in [1.54, 1.807) is 0 Å². The highest BCUT2D eigenvalue weighted by molar-refractivity contribution is 7.99. The van der Waals surface area contributed by atoms with Gasteiger partial charge in [0, 0.05) is 0 Å². The van der Waals surface area contributed by atoms with Crippen LogP contribution in [0.2, 0.25) is 0 Å². The van der Waals surface area contributed by atoms with Crippen molar-refractivity contribution in [2.24, 2.45) is 0 Å². The summed E-state index contributed by atoms with van der Waals surface area (Å²) in [5.41, 5.74) is 0.788. The molecule has 0 atom stereocenters. The molecule has 0 N–H and O–H groups in total. The number of ether oxygens (including phenoxy) is 1. The van der Waals surface area contributed by atoms with Crippen LogP contribution < -0.4 is 10.2 Å². The van der Waals surface area contributed by atoms with Crippen LogP contribution in [0.25, 0.3) is 0 Å². The summed E-state index contributed by atoms with van der Waals surface area (Å²) in [5, 5.41) is 0. The Hall–Kier alpha value is -0.565. The topological polar surface area (TPSA) is 9.23 Å². The smallest absolute Gasteiger partial charge is 0.119 e. The lowest BCUT2D eigenvalue weighted by atomic mass is 9.97. The van der Waals surface area contributed by atoms with Crippen LogP contribution in [0.1, 0.15) is 12.8 Å². The first-order valence-electron chi connectivity index (χ1n) is 4.94. The lowest BCUT2D eigenvalue weighted by molar-refractivity contribution is 0.192. The molecule has 2 rings (SSSR count). The normalized spacial score (nSPS) is 18.0. The van der Waals surface area contributed by atoms with Crippen molar-refractivity contribution in [2.75, 3.05) is 11.5 Å². The first kappa shape index (κ1) is 9.97. The van der Waals surface area contributed by atoms with Crippen molar-refractivity contribution in [1.82, 2.24) is 0 Å². The van der Waals surface area contributed by atoms with E-state index in [1.165, 1.54) is 11.5 Å². The molecular formula is C11H13BOS. The molecule has 1 aromatic rings. The SMILES string of the molecule is [B]c1ccc(OC2CCSCC2)cc1. The fourth-order valence-corrected chi connectivity index (χ4v) is 2.60. The summed E-state index contributed by atoms with van der Waals surface area (Å²) in [6.07, 6.45) is 2.73. The lowest BCUT2D eigenvalue weighted by Gasteiger charge is -2.22. The molecule has 1 aliphatic rings. The molecule has 14 heavy (non-hydrogen) atoms. The molecule has 3 heteroatoms. The molecule has 0 aromatic heterocycles. The molecule has 1 nitrogen and oxygen atoms in total. The van der Waals surface area contributed by atoms with E-state index in [1.807, 2.05) is 36.0 Å². The Balaban J connectivity index is 1.92. The molecule has 0 spiro atoms. The van der Waals surface area contributed by atoms with Gasteiger partial charge in [-0.3, -0.25) is 0 Å². The fourth-order valence-electron chi connectivity index (χ4n) is 1.53. The van der Waals surface area contributed by atoms with Gasteiger partial charge in [-0.15, -0.1) is 0 Å². The quantitative estimate of drug-likeness (QED) is 0.679. The van der Waals surface area contributed by atoms with E-state index in [0.717, 1.165) is 24.1 Å². The van der Waals surface area contributed by atoms with Gasteiger partial charge in [0.25, 0.3) is 0 Å². The molecule has 0 aliphatic carbocycles. The zero-order valence-corrected chi connectivity index (χ0v) is 8.93. The van der Waals surface area contributed by atoms with Crippen molar-refractivity contribution in [2.45, 2.75) is 18.9 Å². The van der Waals surface area contributed by atoms with E-state index < -0.39 is 0 Å². The average molecular weight is 204 g/mol. The summed E-state index contributed by atoms with van der Waals surface area (Å²) >= 11 is 2.01. The number of rotatable bonds is 2. The predicted molar refractivity (Wildman–Crippen MR) is 62.8 cm³/mol. The molecule has 1 saturated heterocycles. The van der Waals surface area contributed by atoms with Crippen LogP contribution in [0.5, 0.6) is 5.75 Å². The zero-order chi connectivity index (χ0) is 9.80. The highest BCUT2D eigenvalue weighted by Crippen LogP contribution is 2.21. The molecular weight excluding hydrogens is 191 g/mol. The second kappa shape index (κ2) is 4.78. The number of hydrogen-bond acceptors (Lipinski definition) is 2. The van der Waals surface area contributed by atoms with Gasteiger partial charge in [0.15, 0.2) is 0 Å². The highest BCUT2D eigenvalue weighted by atomic mass is 32.2. The molecule has 72 valence electrons. The Morgan fingerprint density at radius 2 is 1.79 bits per heavy atom. The average Bonchev–Trinajstić information content (AvgIpc) is 2.23. The zero-order valence-electron chi connectivity index (χ0n) is 8.11. The maximum absolute atomic E-state index is 5.84. The summed E-state index contributed by atoms with van der Waals surface area (Å²) in [4.78, 5) is 0. The van der Waals surface area contributed by atoms with Crippen molar-refractivity contribution in [3.8, 4) is 5.75 Å². The number of benzene rings is 1. The highest BCUT2D eigenvalue weighted by Gasteiger charge is 2.14. The summed E-state index contributed by atoms with van der Waals surface area (Å²) in [6.45, 7) is 0. The lowest BCUT2D eigenvalue weighted by Crippen LogP contribution is -2.22. The fraction of sp³-hybridized carbons (Fsp3) is 0.455. The Morgan fingerprint density at radius 1 is 1.14 bits per heavy atom. The van der Waals surface area contributed by atoms with Crippen LogP contribution in [0.15, 0.2) is 24.3 Å². The van der Waals surface area contributed by atoms with E-state index in [9.17, 15) is 0 Å². The Labute approximate surface area is 90.6 Å². The molecule has 1 aromatic carbocycles. The standard InChI is InChI=1S/C11H13BOS/c12-9-1-3-10(4-2-9)13-11-5-7-14-8-6-11/h1-4,11H,5-8H2. The van der Waals surface area contributed by atoms with E-state index in [4.69, 9.17) is 12.6 Å². The van der Waals surface area contributed by atoms with Crippen molar-refractivity contribution in [3.63, 3.8) is 0 Å². The summed E-state index contributed by atoms with van der Waals surface area (Å²) in [5.74, 6) is 3.38. The minimum atomic E-state index is 0.403. The maximum atomic E-state index is 5.84. The maximum Gasteiger partial charge on any atom is 0.119 e.